The Balaban J connectivity index is 2.35. The number of aliphatic carboxylic acids is 1. The van der Waals surface area contributed by atoms with Crippen LogP contribution in [0.5, 0.6) is 0 Å². The number of carboxylic acid groups (broad SMARTS) is 1. The molecule has 0 radical (unpaired) electrons. The summed E-state index contributed by atoms with van der Waals surface area (Å²) in [6.07, 6.45) is 0. The Morgan fingerprint density at radius 3 is 2.42 bits per heavy atom. The molecule has 0 heterocycles. The maximum atomic E-state index is 11.4. The summed E-state index contributed by atoms with van der Waals surface area (Å²) in [5.41, 5.74) is 7.04. The van der Waals surface area contributed by atoms with E-state index in [4.69, 9.17) is 17.3 Å². The topological polar surface area (TPSA) is 63.3 Å². The molecule has 2 rings (SSSR count). The van der Waals surface area contributed by atoms with Crippen LogP contribution in [-0.2, 0) is 4.79 Å². The summed E-state index contributed by atoms with van der Waals surface area (Å²) in [6.45, 7) is 0. The van der Waals surface area contributed by atoms with Crippen molar-refractivity contribution in [1.82, 2.24) is 0 Å². The largest absolute Gasteiger partial charge is 0.480 e. The van der Waals surface area contributed by atoms with Crippen molar-refractivity contribution in [1.29, 1.82) is 0 Å². The van der Waals surface area contributed by atoms with Gasteiger partial charge in [0.2, 0.25) is 0 Å². The molecule has 0 aliphatic carbocycles. The summed E-state index contributed by atoms with van der Waals surface area (Å²) < 4.78 is 0. The lowest BCUT2D eigenvalue weighted by Crippen LogP contribution is -2.08. The number of benzene rings is 2. The average Bonchev–Trinajstić information content (AvgIpc) is 2.39. The van der Waals surface area contributed by atoms with Crippen LogP contribution in [0, 0.1) is 0 Å². The fraction of sp³-hybridized carbons (Fsp3) is 0.0714. The molecule has 3 nitrogen and oxygen atoms in total. The molecule has 0 fully saturated rings. The van der Waals surface area contributed by atoms with E-state index in [1.807, 2.05) is 18.2 Å². The summed E-state index contributed by atoms with van der Waals surface area (Å²) in [5, 5.41) is 9.10. The van der Waals surface area contributed by atoms with Gasteiger partial charge in [-0.1, -0.05) is 48.0 Å². The highest BCUT2D eigenvalue weighted by atomic mass is 35.5. The molecule has 0 aromatic heterocycles. The SMILES string of the molecule is Nc1cccc(Cl)c1SC(C(=O)O)c1ccccc1. The Kier molecular flexibility index (Phi) is 4.35. The minimum absolute atomic E-state index is 0.465. The van der Waals surface area contributed by atoms with E-state index in [0.717, 1.165) is 11.8 Å². The molecule has 0 aliphatic heterocycles. The number of hydrogen-bond donors (Lipinski definition) is 2. The fourth-order valence-corrected chi connectivity index (χ4v) is 2.99. The Morgan fingerprint density at radius 1 is 1.16 bits per heavy atom. The minimum atomic E-state index is -0.921. The second-order valence-electron chi connectivity index (χ2n) is 3.90. The van der Waals surface area contributed by atoms with Crippen molar-refractivity contribution in [2.45, 2.75) is 10.1 Å². The third-order valence-corrected chi connectivity index (χ3v) is 4.39. The lowest BCUT2D eigenvalue weighted by molar-refractivity contribution is -0.136. The van der Waals surface area contributed by atoms with E-state index < -0.39 is 11.2 Å². The van der Waals surface area contributed by atoms with E-state index >= 15 is 0 Å². The van der Waals surface area contributed by atoms with Crippen LogP contribution < -0.4 is 5.73 Å². The summed E-state index contributed by atoms with van der Waals surface area (Å²) in [7, 11) is 0. The molecule has 2 aromatic rings. The molecule has 2 aromatic carbocycles. The summed E-state index contributed by atoms with van der Waals surface area (Å²) in [4.78, 5) is 12.0. The van der Waals surface area contributed by atoms with Crippen LogP contribution in [0.3, 0.4) is 0 Å². The lowest BCUT2D eigenvalue weighted by atomic mass is 10.1. The van der Waals surface area contributed by atoms with Crippen molar-refractivity contribution < 1.29 is 9.90 Å². The highest BCUT2D eigenvalue weighted by Gasteiger charge is 2.23. The number of carbonyl (C=O) groups is 1. The lowest BCUT2D eigenvalue weighted by Gasteiger charge is -2.14. The van der Waals surface area contributed by atoms with Crippen LogP contribution in [0.25, 0.3) is 0 Å². The van der Waals surface area contributed by atoms with Gasteiger partial charge in [-0.3, -0.25) is 4.79 Å². The zero-order chi connectivity index (χ0) is 13.8. The number of halogens is 1. The fourth-order valence-electron chi connectivity index (χ4n) is 1.66. The van der Waals surface area contributed by atoms with Crippen molar-refractivity contribution in [3.05, 3.63) is 59.1 Å². The molecular weight excluding hydrogens is 282 g/mol. The van der Waals surface area contributed by atoms with E-state index in [9.17, 15) is 9.90 Å². The summed E-state index contributed by atoms with van der Waals surface area (Å²) in [5.74, 6) is -0.921. The number of rotatable bonds is 4. The summed E-state index contributed by atoms with van der Waals surface area (Å²) >= 11 is 7.22. The smallest absolute Gasteiger partial charge is 0.321 e. The molecule has 98 valence electrons. The normalized spacial score (nSPS) is 12.1. The molecule has 0 bridgehead atoms. The monoisotopic (exact) mass is 293 g/mol. The van der Waals surface area contributed by atoms with Crippen molar-refractivity contribution in [2.24, 2.45) is 0 Å². The van der Waals surface area contributed by atoms with Crippen LogP contribution in [0.1, 0.15) is 10.8 Å². The maximum absolute atomic E-state index is 11.4. The number of nitrogen functional groups attached to an aromatic ring is 1. The molecule has 0 aliphatic rings. The third kappa shape index (κ3) is 3.22. The van der Waals surface area contributed by atoms with Crippen LogP contribution in [0.15, 0.2) is 53.4 Å². The molecule has 3 N–H and O–H groups in total. The standard InChI is InChI=1S/C14H12ClNO2S/c15-10-7-4-8-11(16)13(10)19-12(14(17)18)9-5-2-1-3-6-9/h1-8,12H,16H2,(H,17,18). The van der Waals surface area contributed by atoms with Gasteiger partial charge >= 0.3 is 5.97 Å². The van der Waals surface area contributed by atoms with Gasteiger partial charge in [-0.05, 0) is 17.7 Å². The number of nitrogens with two attached hydrogens (primary N) is 1. The number of hydrogen-bond acceptors (Lipinski definition) is 3. The Hall–Kier alpha value is -1.65. The quantitative estimate of drug-likeness (QED) is 0.664. The van der Waals surface area contributed by atoms with Gasteiger partial charge in [0, 0.05) is 5.69 Å². The van der Waals surface area contributed by atoms with Crippen LogP contribution in [-0.4, -0.2) is 11.1 Å². The first-order valence-electron chi connectivity index (χ1n) is 5.58. The van der Waals surface area contributed by atoms with E-state index in [0.29, 0.717) is 21.2 Å². The van der Waals surface area contributed by atoms with Crippen molar-refractivity contribution in [3.63, 3.8) is 0 Å². The summed E-state index contributed by atoms with van der Waals surface area (Å²) in [6, 6.07) is 14.2. The first kappa shape index (κ1) is 13.8. The molecular formula is C14H12ClNO2S. The zero-order valence-corrected chi connectivity index (χ0v) is 11.5. The van der Waals surface area contributed by atoms with Gasteiger partial charge < -0.3 is 10.8 Å². The Bertz CT molecular complexity index is 569. The second kappa shape index (κ2) is 5.99. The molecule has 0 saturated heterocycles. The molecule has 19 heavy (non-hydrogen) atoms. The molecule has 5 heteroatoms. The predicted octanol–water partition coefficient (Wildman–Crippen LogP) is 3.84. The molecule has 1 atom stereocenters. The molecule has 1 unspecified atom stereocenters. The highest BCUT2D eigenvalue weighted by molar-refractivity contribution is 8.00. The minimum Gasteiger partial charge on any atom is -0.480 e. The van der Waals surface area contributed by atoms with E-state index in [-0.39, 0.29) is 0 Å². The van der Waals surface area contributed by atoms with Crippen molar-refractivity contribution in [3.8, 4) is 0 Å². The molecule has 0 amide bonds. The van der Waals surface area contributed by atoms with Gasteiger partial charge in [0.1, 0.15) is 5.25 Å². The van der Waals surface area contributed by atoms with E-state index in [1.54, 1.807) is 30.3 Å². The van der Waals surface area contributed by atoms with Gasteiger partial charge in [-0.2, -0.15) is 0 Å². The average molecular weight is 294 g/mol. The predicted molar refractivity (Wildman–Crippen MR) is 78.5 cm³/mol. The van der Waals surface area contributed by atoms with Gasteiger partial charge in [0.05, 0.1) is 9.92 Å². The number of carboxylic acids is 1. The van der Waals surface area contributed by atoms with E-state index in [2.05, 4.69) is 0 Å². The van der Waals surface area contributed by atoms with Gasteiger partial charge in [0.15, 0.2) is 0 Å². The van der Waals surface area contributed by atoms with Crippen LogP contribution >= 0.6 is 23.4 Å². The first-order valence-corrected chi connectivity index (χ1v) is 6.83. The van der Waals surface area contributed by atoms with Crippen LogP contribution in [0.4, 0.5) is 5.69 Å². The highest BCUT2D eigenvalue weighted by Crippen LogP contribution is 2.41. The van der Waals surface area contributed by atoms with Crippen molar-refractivity contribution in [2.75, 3.05) is 5.73 Å². The first-order chi connectivity index (χ1) is 9.09. The maximum Gasteiger partial charge on any atom is 0.321 e. The van der Waals surface area contributed by atoms with Crippen LogP contribution in [0.2, 0.25) is 5.02 Å². The van der Waals surface area contributed by atoms with Crippen molar-refractivity contribution >= 4 is 35.0 Å². The van der Waals surface area contributed by atoms with Gasteiger partial charge in [-0.25, -0.2) is 0 Å². The van der Waals surface area contributed by atoms with E-state index in [1.165, 1.54) is 0 Å². The second-order valence-corrected chi connectivity index (χ2v) is 5.43. The Morgan fingerprint density at radius 2 is 1.84 bits per heavy atom. The third-order valence-electron chi connectivity index (χ3n) is 2.56. The number of anilines is 1. The molecule has 0 saturated carbocycles. The van der Waals surface area contributed by atoms with Gasteiger partial charge in [0.25, 0.3) is 0 Å². The zero-order valence-electron chi connectivity index (χ0n) is 9.92. The number of thioether (sulfide) groups is 1. The molecule has 0 spiro atoms. The Labute approximate surface area is 120 Å². The van der Waals surface area contributed by atoms with Gasteiger partial charge in [-0.15, -0.1) is 11.8 Å².